The average molecular weight is 350 g/mol. The molecule has 0 unspecified atom stereocenters. The first kappa shape index (κ1) is 18.4. The third-order valence-electron chi connectivity index (χ3n) is 3.61. The predicted molar refractivity (Wildman–Crippen MR) is 98.5 cm³/mol. The van der Waals surface area contributed by atoms with Gasteiger partial charge in [-0.25, -0.2) is 4.98 Å². The van der Waals surface area contributed by atoms with Crippen LogP contribution in [0.3, 0.4) is 0 Å². The van der Waals surface area contributed by atoms with Crippen LogP contribution < -0.4 is 10.6 Å². The van der Waals surface area contributed by atoms with Crippen molar-refractivity contribution in [2.75, 3.05) is 19.6 Å². The fraction of sp³-hybridized carbons (Fsp3) is 0.625. The van der Waals surface area contributed by atoms with Gasteiger partial charge in [-0.2, -0.15) is 0 Å². The standard InChI is InChI=1S/C16H27N7S/c1-4-17-16(18-8-5-6-10-23-11-20-21-12-23)19-9-7-15-22-13(2)14(3)24-15/h11-12H,4-10H2,1-3H3,(H2,17,18,19). The van der Waals surface area contributed by atoms with E-state index < -0.39 is 0 Å². The van der Waals surface area contributed by atoms with Gasteiger partial charge in [0.15, 0.2) is 5.96 Å². The highest BCUT2D eigenvalue weighted by atomic mass is 32.1. The van der Waals surface area contributed by atoms with Crippen LogP contribution in [0.25, 0.3) is 0 Å². The smallest absolute Gasteiger partial charge is 0.191 e. The van der Waals surface area contributed by atoms with Crippen molar-refractivity contribution in [3.63, 3.8) is 0 Å². The number of aromatic nitrogens is 4. The van der Waals surface area contributed by atoms with Crippen LogP contribution in [-0.4, -0.2) is 45.3 Å². The fourth-order valence-corrected chi connectivity index (χ4v) is 3.14. The summed E-state index contributed by atoms with van der Waals surface area (Å²) in [5, 5.41) is 15.5. The Morgan fingerprint density at radius 3 is 2.67 bits per heavy atom. The first-order chi connectivity index (χ1) is 11.7. The highest BCUT2D eigenvalue weighted by molar-refractivity contribution is 7.11. The van der Waals surface area contributed by atoms with Gasteiger partial charge in [0.1, 0.15) is 12.7 Å². The molecule has 0 spiro atoms. The van der Waals surface area contributed by atoms with Gasteiger partial charge in [-0.15, -0.1) is 21.5 Å². The molecule has 132 valence electrons. The highest BCUT2D eigenvalue weighted by Crippen LogP contribution is 2.16. The van der Waals surface area contributed by atoms with Gasteiger partial charge in [0.25, 0.3) is 0 Å². The number of nitrogens with zero attached hydrogens (tertiary/aromatic N) is 5. The monoisotopic (exact) mass is 349 g/mol. The van der Waals surface area contributed by atoms with E-state index in [0.29, 0.717) is 0 Å². The zero-order valence-corrected chi connectivity index (χ0v) is 15.6. The van der Waals surface area contributed by atoms with Crippen LogP contribution in [0.2, 0.25) is 0 Å². The second-order valence-electron chi connectivity index (χ2n) is 5.59. The number of guanidine groups is 1. The van der Waals surface area contributed by atoms with Crippen molar-refractivity contribution in [3.8, 4) is 0 Å². The van der Waals surface area contributed by atoms with Crippen molar-refractivity contribution in [1.82, 2.24) is 30.4 Å². The number of hydrogen-bond donors (Lipinski definition) is 2. The molecule has 0 saturated carbocycles. The molecule has 7 nitrogen and oxygen atoms in total. The van der Waals surface area contributed by atoms with Crippen LogP contribution in [0.15, 0.2) is 17.6 Å². The summed E-state index contributed by atoms with van der Waals surface area (Å²) in [5.74, 6) is 0.881. The van der Waals surface area contributed by atoms with Crippen LogP contribution in [0.1, 0.15) is 35.3 Å². The largest absolute Gasteiger partial charge is 0.357 e. The maximum absolute atomic E-state index is 4.62. The van der Waals surface area contributed by atoms with Crippen LogP contribution >= 0.6 is 11.3 Å². The van der Waals surface area contributed by atoms with Gasteiger partial charge in [0.05, 0.1) is 10.7 Å². The molecular formula is C16H27N7S. The van der Waals surface area contributed by atoms with E-state index in [1.807, 2.05) is 4.57 Å². The van der Waals surface area contributed by atoms with Crippen LogP contribution in [0, 0.1) is 13.8 Å². The van der Waals surface area contributed by atoms with E-state index in [1.165, 1.54) is 9.88 Å². The van der Waals surface area contributed by atoms with E-state index in [9.17, 15) is 0 Å². The maximum atomic E-state index is 4.62. The molecule has 0 aliphatic heterocycles. The van der Waals surface area contributed by atoms with E-state index in [-0.39, 0.29) is 0 Å². The van der Waals surface area contributed by atoms with Gasteiger partial charge in [0.2, 0.25) is 0 Å². The summed E-state index contributed by atoms with van der Waals surface area (Å²) < 4.78 is 1.99. The molecule has 2 N–H and O–H groups in total. The van der Waals surface area contributed by atoms with Crippen molar-refractivity contribution in [3.05, 3.63) is 28.2 Å². The van der Waals surface area contributed by atoms with Crippen molar-refractivity contribution < 1.29 is 0 Å². The van der Waals surface area contributed by atoms with Gasteiger partial charge in [-0.3, -0.25) is 4.99 Å². The topological polar surface area (TPSA) is 80.0 Å². The molecule has 0 saturated heterocycles. The summed E-state index contributed by atoms with van der Waals surface area (Å²) in [6, 6.07) is 0. The van der Waals surface area contributed by atoms with E-state index in [2.05, 4.69) is 51.6 Å². The predicted octanol–water partition coefficient (Wildman–Crippen LogP) is 1.93. The van der Waals surface area contributed by atoms with Crippen molar-refractivity contribution in [2.24, 2.45) is 4.99 Å². The number of unbranched alkanes of at least 4 members (excludes halogenated alkanes) is 1. The SMILES string of the molecule is CCNC(=NCCCCn1cnnc1)NCCc1nc(C)c(C)s1. The summed E-state index contributed by atoms with van der Waals surface area (Å²) in [4.78, 5) is 10.5. The van der Waals surface area contributed by atoms with Crippen molar-refractivity contribution in [2.45, 2.75) is 46.6 Å². The molecule has 2 aromatic heterocycles. The molecule has 0 aliphatic carbocycles. The second kappa shape index (κ2) is 10.0. The number of nitrogens with one attached hydrogen (secondary N) is 2. The fourth-order valence-electron chi connectivity index (χ4n) is 2.21. The van der Waals surface area contributed by atoms with Gasteiger partial charge in [-0.1, -0.05) is 0 Å². The molecule has 0 bridgehead atoms. The quantitative estimate of drug-likeness (QED) is 0.411. The second-order valence-corrected chi connectivity index (χ2v) is 6.88. The lowest BCUT2D eigenvalue weighted by molar-refractivity contribution is 0.611. The first-order valence-corrected chi connectivity index (χ1v) is 9.28. The Kier molecular flexibility index (Phi) is 7.67. The zero-order valence-electron chi connectivity index (χ0n) is 14.7. The number of hydrogen-bond acceptors (Lipinski definition) is 5. The molecule has 0 atom stereocenters. The summed E-state index contributed by atoms with van der Waals surface area (Å²) >= 11 is 1.78. The summed E-state index contributed by atoms with van der Waals surface area (Å²) in [7, 11) is 0. The summed E-state index contributed by atoms with van der Waals surface area (Å²) in [5.41, 5.74) is 1.14. The Bertz CT molecular complexity index is 599. The Labute approximate surface area is 147 Å². The van der Waals surface area contributed by atoms with Gasteiger partial charge in [-0.05, 0) is 33.6 Å². The lowest BCUT2D eigenvalue weighted by Crippen LogP contribution is -2.38. The Hall–Kier alpha value is -1.96. The molecule has 0 aliphatic rings. The molecule has 0 radical (unpaired) electrons. The minimum absolute atomic E-state index is 0.812. The minimum Gasteiger partial charge on any atom is -0.357 e. The van der Waals surface area contributed by atoms with Gasteiger partial charge < -0.3 is 15.2 Å². The van der Waals surface area contributed by atoms with Crippen LogP contribution in [0.4, 0.5) is 0 Å². The van der Waals surface area contributed by atoms with Gasteiger partial charge in [0, 0.05) is 37.5 Å². The molecular weight excluding hydrogens is 322 g/mol. The zero-order chi connectivity index (χ0) is 17.2. The molecule has 2 rings (SSSR count). The van der Waals surface area contributed by atoms with E-state index in [4.69, 9.17) is 0 Å². The lowest BCUT2D eigenvalue weighted by atomic mass is 10.3. The number of aryl methyl sites for hydroxylation is 3. The molecule has 24 heavy (non-hydrogen) atoms. The molecule has 0 aromatic carbocycles. The lowest BCUT2D eigenvalue weighted by Gasteiger charge is -2.10. The van der Waals surface area contributed by atoms with E-state index in [0.717, 1.165) is 57.1 Å². The minimum atomic E-state index is 0.812. The number of aliphatic imine (C=N–C) groups is 1. The molecule has 0 fully saturated rings. The maximum Gasteiger partial charge on any atom is 0.191 e. The Morgan fingerprint density at radius 2 is 2.00 bits per heavy atom. The third-order valence-corrected chi connectivity index (χ3v) is 4.74. The molecule has 2 aromatic rings. The summed E-state index contributed by atoms with van der Waals surface area (Å²) in [6.07, 6.45) is 6.53. The average Bonchev–Trinajstić information content (AvgIpc) is 3.17. The highest BCUT2D eigenvalue weighted by Gasteiger charge is 2.04. The van der Waals surface area contributed by atoms with Crippen molar-refractivity contribution in [1.29, 1.82) is 0 Å². The van der Waals surface area contributed by atoms with Crippen LogP contribution in [0.5, 0.6) is 0 Å². The molecule has 0 amide bonds. The Morgan fingerprint density at radius 1 is 1.21 bits per heavy atom. The van der Waals surface area contributed by atoms with Crippen molar-refractivity contribution >= 4 is 17.3 Å². The summed E-state index contributed by atoms with van der Waals surface area (Å²) in [6.45, 7) is 9.73. The first-order valence-electron chi connectivity index (χ1n) is 8.46. The normalized spacial score (nSPS) is 11.7. The van der Waals surface area contributed by atoms with Crippen LogP contribution in [-0.2, 0) is 13.0 Å². The molecule has 8 heteroatoms. The van der Waals surface area contributed by atoms with E-state index >= 15 is 0 Å². The van der Waals surface area contributed by atoms with Gasteiger partial charge >= 0.3 is 0 Å². The molecule has 2 heterocycles. The Balaban J connectivity index is 1.67. The number of rotatable bonds is 9. The van der Waals surface area contributed by atoms with E-state index in [1.54, 1.807) is 24.0 Å². The third kappa shape index (κ3) is 6.27. The number of thiazole rings is 1.